The summed E-state index contributed by atoms with van der Waals surface area (Å²) < 4.78 is 1.86. The Hall–Kier alpha value is -2.67. The third-order valence-corrected chi connectivity index (χ3v) is 4.28. The number of piperidine rings is 1. The number of aliphatic hydroxyl groups is 1. The van der Waals surface area contributed by atoms with Crippen LogP contribution in [0.4, 0.5) is 17.5 Å². The number of nitrogens with one attached hydrogen (secondary N) is 1. The third kappa shape index (κ3) is 2.90. The van der Waals surface area contributed by atoms with Crippen LogP contribution in [0.15, 0.2) is 36.5 Å². The standard InChI is InChI=1S/C17H20N6O/c1-12-11-13(5-8-18-12)19-17-20-15-3-2-4-16(23(15)21-17)22-9-6-14(24)7-10-22/h2-5,8,11,14,24H,6-7,9-10H2,1H3,(H,18,19,21). The first-order chi connectivity index (χ1) is 11.7. The van der Waals surface area contributed by atoms with Crippen LogP contribution in [-0.4, -0.2) is 43.9 Å². The molecule has 124 valence electrons. The quantitative estimate of drug-likeness (QED) is 0.768. The van der Waals surface area contributed by atoms with Crippen LogP contribution in [0.3, 0.4) is 0 Å². The van der Waals surface area contributed by atoms with E-state index in [1.165, 1.54) is 0 Å². The highest BCUT2D eigenvalue weighted by Gasteiger charge is 2.20. The fourth-order valence-corrected chi connectivity index (χ4v) is 3.03. The maximum Gasteiger partial charge on any atom is 0.247 e. The smallest absolute Gasteiger partial charge is 0.247 e. The van der Waals surface area contributed by atoms with Crippen molar-refractivity contribution in [1.29, 1.82) is 0 Å². The van der Waals surface area contributed by atoms with E-state index < -0.39 is 0 Å². The summed E-state index contributed by atoms with van der Waals surface area (Å²) in [5, 5.41) is 17.5. The number of aryl methyl sites for hydroxylation is 1. The summed E-state index contributed by atoms with van der Waals surface area (Å²) in [6.07, 6.45) is 3.14. The van der Waals surface area contributed by atoms with Crippen LogP contribution in [0.25, 0.3) is 5.65 Å². The fourth-order valence-electron chi connectivity index (χ4n) is 3.03. The lowest BCUT2D eigenvalue weighted by molar-refractivity contribution is 0.145. The van der Waals surface area contributed by atoms with Gasteiger partial charge in [0.2, 0.25) is 5.95 Å². The number of aliphatic hydroxyl groups excluding tert-OH is 1. The van der Waals surface area contributed by atoms with Crippen LogP contribution in [0.5, 0.6) is 0 Å². The zero-order valence-electron chi connectivity index (χ0n) is 13.6. The van der Waals surface area contributed by atoms with E-state index in [1.807, 2.05) is 41.8 Å². The van der Waals surface area contributed by atoms with Crippen molar-refractivity contribution in [3.05, 3.63) is 42.2 Å². The van der Waals surface area contributed by atoms with Crippen LogP contribution in [0.2, 0.25) is 0 Å². The molecule has 2 N–H and O–H groups in total. The van der Waals surface area contributed by atoms with Gasteiger partial charge >= 0.3 is 0 Å². The number of hydrogen-bond donors (Lipinski definition) is 2. The topological polar surface area (TPSA) is 78.6 Å². The normalized spacial score (nSPS) is 15.8. The van der Waals surface area contributed by atoms with Crippen molar-refractivity contribution in [1.82, 2.24) is 19.6 Å². The largest absolute Gasteiger partial charge is 0.393 e. The second kappa shape index (κ2) is 6.09. The van der Waals surface area contributed by atoms with E-state index in [1.54, 1.807) is 6.20 Å². The molecule has 0 spiro atoms. The van der Waals surface area contributed by atoms with Crippen molar-refractivity contribution >= 4 is 23.1 Å². The highest BCUT2D eigenvalue weighted by atomic mass is 16.3. The lowest BCUT2D eigenvalue weighted by atomic mass is 10.1. The zero-order valence-corrected chi connectivity index (χ0v) is 13.6. The van der Waals surface area contributed by atoms with Gasteiger partial charge in [-0.25, -0.2) is 0 Å². The molecule has 1 aliphatic rings. The molecule has 0 amide bonds. The van der Waals surface area contributed by atoms with Gasteiger partial charge in [0.1, 0.15) is 5.82 Å². The molecule has 4 heterocycles. The van der Waals surface area contributed by atoms with Crippen LogP contribution in [0, 0.1) is 6.92 Å². The molecule has 3 aromatic rings. The highest BCUT2D eigenvalue weighted by molar-refractivity contribution is 5.58. The molecule has 24 heavy (non-hydrogen) atoms. The Morgan fingerprint density at radius 3 is 2.83 bits per heavy atom. The van der Waals surface area contributed by atoms with E-state index in [0.717, 1.165) is 48.8 Å². The van der Waals surface area contributed by atoms with E-state index in [-0.39, 0.29) is 6.10 Å². The number of aromatic nitrogens is 4. The van der Waals surface area contributed by atoms with E-state index in [2.05, 4.69) is 25.3 Å². The van der Waals surface area contributed by atoms with Gasteiger partial charge in [-0.3, -0.25) is 4.98 Å². The number of pyridine rings is 2. The Balaban J connectivity index is 1.64. The molecular weight excluding hydrogens is 304 g/mol. The number of anilines is 3. The average molecular weight is 324 g/mol. The number of rotatable bonds is 3. The highest BCUT2D eigenvalue weighted by Crippen LogP contribution is 2.22. The molecule has 0 aromatic carbocycles. The van der Waals surface area contributed by atoms with Crippen molar-refractivity contribution < 1.29 is 5.11 Å². The molecule has 1 fully saturated rings. The predicted molar refractivity (Wildman–Crippen MR) is 92.7 cm³/mol. The van der Waals surface area contributed by atoms with Crippen molar-refractivity contribution in [3.8, 4) is 0 Å². The molecule has 0 bridgehead atoms. The first-order valence-corrected chi connectivity index (χ1v) is 8.17. The summed E-state index contributed by atoms with van der Waals surface area (Å²) in [6, 6.07) is 9.83. The number of nitrogens with zero attached hydrogens (tertiary/aromatic N) is 5. The van der Waals surface area contributed by atoms with Crippen molar-refractivity contribution in [2.45, 2.75) is 25.9 Å². The van der Waals surface area contributed by atoms with Crippen molar-refractivity contribution in [2.75, 3.05) is 23.3 Å². The molecule has 7 heteroatoms. The van der Waals surface area contributed by atoms with Crippen LogP contribution in [-0.2, 0) is 0 Å². The minimum absolute atomic E-state index is 0.191. The van der Waals surface area contributed by atoms with Gasteiger partial charge in [-0.15, -0.1) is 5.10 Å². The summed E-state index contributed by atoms with van der Waals surface area (Å²) in [7, 11) is 0. The summed E-state index contributed by atoms with van der Waals surface area (Å²) in [5.41, 5.74) is 2.66. The summed E-state index contributed by atoms with van der Waals surface area (Å²) in [5.74, 6) is 1.57. The van der Waals surface area contributed by atoms with Crippen LogP contribution in [0.1, 0.15) is 18.5 Å². The molecule has 3 aromatic heterocycles. The van der Waals surface area contributed by atoms with Crippen molar-refractivity contribution in [2.24, 2.45) is 0 Å². The minimum atomic E-state index is -0.191. The molecular formula is C17H20N6O. The van der Waals surface area contributed by atoms with E-state index in [4.69, 9.17) is 0 Å². The van der Waals surface area contributed by atoms with E-state index >= 15 is 0 Å². The average Bonchev–Trinajstić information content (AvgIpc) is 2.98. The molecule has 1 saturated heterocycles. The molecule has 4 rings (SSSR count). The molecule has 0 atom stereocenters. The summed E-state index contributed by atoms with van der Waals surface area (Å²) in [4.78, 5) is 11.0. The predicted octanol–water partition coefficient (Wildman–Crippen LogP) is 2.14. The lowest BCUT2D eigenvalue weighted by Crippen LogP contribution is -2.36. The number of fused-ring (bicyclic) bond motifs is 1. The second-order valence-electron chi connectivity index (χ2n) is 6.12. The maximum atomic E-state index is 9.70. The van der Waals surface area contributed by atoms with Gasteiger partial charge in [0.05, 0.1) is 6.10 Å². The Labute approximate surface area is 140 Å². The fraction of sp³-hybridized carbons (Fsp3) is 0.353. The zero-order chi connectivity index (χ0) is 16.5. The monoisotopic (exact) mass is 324 g/mol. The molecule has 1 aliphatic heterocycles. The van der Waals surface area contributed by atoms with E-state index in [0.29, 0.717) is 5.95 Å². The Morgan fingerprint density at radius 1 is 1.21 bits per heavy atom. The second-order valence-corrected chi connectivity index (χ2v) is 6.12. The third-order valence-electron chi connectivity index (χ3n) is 4.28. The molecule has 7 nitrogen and oxygen atoms in total. The van der Waals surface area contributed by atoms with Gasteiger partial charge in [0.25, 0.3) is 0 Å². The molecule has 0 unspecified atom stereocenters. The molecule has 0 radical (unpaired) electrons. The first kappa shape index (κ1) is 14.9. The maximum absolute atomic E-state index is 9.70. The molecule has 0 saturated carbocycles. The lowest BCUT2D eigenvalue weighted by Gasteiger charge is -2.31. The van der Waals surface area contributed by atoms with Gasteiger partial charge < -0.3 is 15.3 Å². The van der Waals surface area contributed by atoms with Crippen LogP contribution < -0.4 is 10.2 Å². The van der Waals surface area contributed by atoms with Gasteiger partial charge in [-0.05, 0) is 44.0 Å². The SMILES string of the molecule is Cc1cc(Nc2nc3cccc(N4CCC(O)CC4)n3n2)ccn1. The Kier molecular flexibility index (Phi) is 3.78. The van der Waals surface area contributed by atoms with Gasteiger partial charge in [-0.1, -0.05) is 6.07 Å². The van der Waals surface area contributed by atoms with Crippen molar-refractivity contribution in [3.63, 3.8) is 0 Å². The summed E-state index contributed by atoms with van der Waals surface area (Å²) >= 11 is 0. The van der Waals surface area contributed by atoms with Gasteiger partial charge in [0.15, 0.2) is 5.65 Å². The van der Waals surface area contributed by atoms with Crippen LogP contribution >= 0.6 is 0 Å². The first-order valence-electron chi connectivity index (χ1n) is 8.17. The van der Waals surface area contributed by atoms with Gasteiger partial charge in [0, 0.05) is 30.7 Å². The Bertz CT molecular complexity index is 853. The summed E-state index contributed by atoms with van der Waals surface area (Å²) in [6.45, 7) is 3.60. The number of hydrogen-bond acceptors (Lipinski definition) is 6. The molecule has 0 aliphatic carbocycles. The Morgan fingerprint density at radius 2 is 2.04 bits per heavy atom. The minimum Gasteiger partial charge on any atom is -0.393 e. The van der Waals surface area contributed by atoms with E-state index in [9.17, 15) is 5.11 Å². The van der Waals surface area contributed by atoms with Gasteiger partial charge in [-0.2, -0.15) is 9.50 Å².